The monoisotopic (exact) mass is 269 g/mol. The maximum absolute atomic E-state index is 12.1. The minimum absolute atomic E-state index is 0.346. The summed E-state index contributed by atoms with van der Waals surface area (Å²) in [7, 11) is -3.35. The molecule has 1 heterocycles. The van der Waals surface area contributed by atoms with Crippen LogP contribution in [0.4, 0.5) is 0 Å². The highest BCUT2D eigenvalue weighted by atomic mass is 32.2. The molecule has 0 radical (unpaired) electrons. The third kappa shape index (κ3) is 3.29. The predicted molar refractivity (Wildman–Crippen MR) is 71.4 cm³/mol. The molecular weight excluding hydrogens is 250 g/mol. The molecule has 6 heteroatoms. The van der Waals surface area contributed by atoms with Crippen molar-refractivity contribution in [2.24, 2.45) is 0 Å². The van der Waals surface area contributed by atoms with E-state index in [1.54, 1.807) is 0 Å². The molecule has 1 saturated heterocycles. The lowest BCUT2D eigenvalue weighted by Crippen LogP contribution is -2.50. The van der Waals surface area contributed by atoms with Gasteiger partial charge in [-0.05, 0) is 18.1 Å². The van der Waals surface area contributed by atoms with Gasteiger partial charge in [0.25, 0.3) is 10.2 Å². The molecule has 0 atom stereocenters. The Morgan fingerprint density at radius 3 is 2.61 bits per heavy atom. The predicted octanol–water partition coefficient (Wildman–Crippen LogP) is 0.235. The van der Waals surface area contributed by atoms with Gasteiger partial charge in [0.15, 0.2) is 0 Å². The minimum atomic E-state index is -3.35. The maximum atomic E-state index is 12.1. The van der Waals surface area contributed by atoms with Gasteiger partial charge in [-0.2, -0.15) is 17.4 Å². The Morgan fingerprint density at radius 1 is 1.28 bits per heavy atom. The molecular formula is C12H19N3O2S. The summed E-state index contributed by atoms with van der Waals surface area (Å²) in [6.07, 6.45) is 0. The Morgan fingerprint density at radius 2 is 1.94 bits per heavy atom. The van der Waals surface area contributed by atoms with Crippen molar-refractivity contribution in [3.63, 3.8) is 0 Å². The Kier molecular flexibility index (Phi) is 4.34. The molecule has 0 bridgehead atoms. The number of benzene rings is 1. The van der Waals surface area contributed by atoms with E-state index in [4.69, 9.17) is 0 Å². The van der Waals surface area contributed by atoms with E-state index in [0.717, 1.165) is 11.1 Å². The summed E-state index contributed by atoms with van der Waals surface area (Å²) >= 11 is 0. The first kappa shape index (κ1) is 13.5. The molecule has 0 aliphatic carbocycles. The zero-order valence-corrected chi connectivity index (χ0v) is 11.3. The first-order chi connectivity index (χ1) is 8.59. The number of nitrogens with one attached hydrogen (secondary N) is 2. The Balaban J connectivity index is 1.98. The Hall–Kier alpha value is -0.950. The van der Waals surface area contributed by atoms with Crippen molar-refractivity contribution in [2.75, 3.05) is 26.2 Å². The molecule has 1 aliphatic rings. The van der Waals surface area contributed by atoms with Crippen molar-refractivity contribution >= 4 is 10.2 Å². The summed E-state index contributed by atoms with van der Waals surface area (Å²) in [6, 6.07) is 7.79. The summed E-state index contributed by atoms with van der Waals surface area (Å²) in [5.74, 6) is 0. The second-order valence-corrected chi connectivity index (χ2v) is 6.16. The second kappa shape index (κ2) is 5.79. The summed E-state index contributed by atoms with van der Waals surface area (Å²) in [5.41, 5.74) is 2.11. The fourth-order valence-corrected chi connectivity index (χ4v) is 3.14. The quantitative estimate of drug-likeness (QED) is 0.823. The topological polar surface area (TPSA) is 61.4 Å². The lowest BCUT2D eigenvalue weighted by atomic mass is 10.1. The first-order valence-corrected chi connectivity index (χ1v) is 7.53. The van der Waals surface area contributed by atoms with Crippen molar-refractivity contribution in [3.05, 3.63) is 35.4 Å². The van der Waals surface area contributed by atoms with Crippen molar-refractivity contribution in [3.8, 4) is 0 Å². The molecule has 18 heavy (non-hydrogen) atoms. The van der Waals surface area contributed by atoms with Gasteiger partial charge in [0.1, 0.15) is 0 Å². The van der Waals surface area contributed by atoms with Crippen molar-refractivity contribution in [1.82, 2.24) is 14.3 Å². The number of hydrogen-bond donors (Lipinski definition) is 2. The van der Waals surface area contributed by atoms with Crippen molar-refractivity contribution in [2.45, 2.75) is 13.5 Å². The van der Waals surface area contributed by atoms with Crippen molar-refractivity contribution < 1.29 is 8.42 Å². The summed E-state index contributed by atoms with van der Waals surface area (Å²) in [4.78, 5) is 0. The van der Waals surface area contributed by atoms with Crippen molar-refractivity contribution in [1.29, 1.82) is 0 Å². The van der Waals surface area contributed by atoms with Gasteiger partial charge >= 0.3 is 0 Å². The molecule has 2 rings (SSSR count). The third-order valence-electron chi connectivity index (χ3n) is 3.12. The standard InChI is InChI=1S/C12H19N3O2S/c1-11-4-2-3-5-12(11)10-14-18(16,17)15-8-6-13-7-9-15/h2-5,13-14H,6-10H2,1H3. The number of nitrogens with zero attached hydrogens (tertiary/aromatic N) is 1. The molecule has 1 aliphatic heterocycles. The highest BCUT2D eigenvalue weighted by Gasteiger charge is 2.23. The smallest absolute Gasteiger partial charge is 0.279 e. The largest absolute Gasteiger partial charge is 0.314 e. The summed E-state index contributed by atoms with van der Waals surface area (Å²) < 4.78 is 28.3. The SMILES string of the molecule is Cc1ccccc1CNS(=O)(=O)N1CCNCC1. The van der Waals surface area contributed by atoms with Crippen LogP contribution < -0.4 is 10.0 Å². The van der Waals surface area contributed by atoms with Crippen LogP contribution in [0.25, 0.3) is 0 Å². The van der Waals surface area contributed by atoms with E-state index in [2.05, 4.69) is 10.0 Å². The van der Waals surface area contributed by atoms with Gasteiger partial charge in [0, 0.05) is 32.7 Å². The van der Waals surface area contributed by atoms with Crippen LogP contribution in [0.1, 0.15) is 11.1 Å². The van der Waals surface area contributed by atoms with E-state index in [0.29, 0.717) is 32.7 Å². The highest BCUT2D eigenvalue weighted by molar-refractivity contribution is 7.87. The molecule has 0 unspecified atom stereocenters. The zero-order chi connectivity index (χ0) is 13.0. The fraction of sp³-hybridized carbons (Fsp3) is 0.500. The second-order valence-electron chi connectivity index (χ2n) is 4.40. The molecule has 1 fully saturated rings. The molecule has 1 aromatic rings. The first-order valence-electron chi connectivity index (χ1n) is 6.09. The van der Waals surface area contributed by atoms with Gasteiger partial charge in [-0.15, -0.1) is 0 Å². The highest BCUT2D eigenvalue weighted by Crippen LogP contribution is 2.08. The molecule has 2 N–H and O–H groups in total. The fourth-order valence-electron chi connectivity index (χ4n) is 1.95. The average molecular weight is 269 g/mol. The van der Waals surface area contributed by atoms with Gasteiger partial charge in [-0.3, -0.25) is 0 Å². The third-order valence-corrected chi connectivity index (χ3v) is 4.68. The van der Waals surface area contributed by atoms with Crippen LogP contribution in [0, 0.1) is 6.92 Å². The number of piperazine rings is 1. The summed E-state index contributed by atoms with van der Waals surface area (Å²) in [6.45, 7) is 4.82. The van der Waals surface area contributed by atoms with Crippen LogP contribution in [0.2, 0.25) is 0 Å². The van der Waals surface area contributed by atoms with Gasteiger partial charge in [0.05, 0.1) is 0 Å². The normalized spacial score (nSPS) is 17.8. The average Bonchev–Trinajstić information content (AvgIpc) is 2.39. The van der Waals surface area contributed by atoms with E-state index in [1.165, 1.54) is 4.31 Å². The Bertz CT molecular complexity index is 496. The molecule has 0 saturated carbocycles. The van der Waals surface area contributed by atoms with Gasteiger partial charge < -0.3 is 5.32 Å². The van der Waals surface area contributed by atoms with E-state index in [-0.39, 0.29) is 0 Å². The van der Waals surface area contributed by atoms with Crippen LogP contribution in [-0.4, -0.2) is 38.9 Å². The van der Waals surface area contributed by atoms with Crippen LogP contribution in [0.5, 0.6) is 0 Å². The minimum Gasteiger partial charge on any atom is -0.314 e. The van der Waals surface area contributed by atoms with Gasteiger partial charge in [0.2, 0.25) is 0 Å². The number of aryl methyl sites for hydroxylation is 1. The maximum Gasteiger partial charge on any atom is 0.279 e. The molecule has 1 aromatic carbocycles. The number of rotatable bonds is 4. The van der Waals surface area contributed by atoms with Crippen LogP contribution in [-0.2, 0) is 16.8 Å². The van der Waals surface area contributed by atoms with E-state index in [9.17, 15) is 8.42 Å². The molecule has 0 amide bonds. The van der Waals surface area contributed by atoms with Gasteiger partial charge in [-0.1, -0.05) is 24.3 Å². The van der Waals surface area contributed by atoms with E-state index >= 15 is 0 Å². The number of hydrogen-bond acceptors (Lipinski definition) is 3. The lowest BCUT2D eigenvalue weighted by molar-refractivity contribution is 0.354. The lowest BCUT2D eigenvalue weighted by Gasteiger charge is -2.26. The van der Waals surface area contributed by atoms with E-state index in [1.807, 2.05) is 31.2 Å². The Labute approximate surface area is 108 Å². The summed E-state index contributed by atoms with van der Waals surface area (Å²) in [5, 5.41) is 3.14. The molecule has 100 valence electrons. The molecule has 0 aromatic heterocycles. The van der Waals surface area contributed by atoms with E-state index < -0.39 is 10.2 Å². The molecule has 5 nitrogen and oxygen atoms in total. The van der Waals surface area contributed by atoms with Crippen LogP contribution in [0.3, 0.4) is 0 Å². The van der Waals surface area contributed by atoms with Gasteiger partial charge in [-0.25, -0.2) is 0 Å². The van der Waals surface area contributed by atoms with Crippen LogP contribution in [0.15, 0.2) is 24.3 Å². The molecule has 0 spiro atoms. The van der Waals surface area contributed by atoms with Crippen LogP contribution >= 0.6 is 0 Å². The zero-order valence-electron chi connectivity index (χ0n) is 10.5.